The molecule has 1 rings (SSSR count). The Morgan fingerprint density at radius 2 is 2.33 bits per heavy atom. The summed E-state index contributed by atoms with van der Waals surface area (Å²) < 4.78 is 0. The first-order valence-electron chi connectivity index (χ1n) is 3.11. The van der Waals surface area contributed by atoms with Crippen molar-refractivity contribution in [3.05, 3.63) is 0 Å². The highest BCUT2D eigenvalue weighted by molar-refractivity contribution is 7.99. The molecule has 0 unspecified atom stereocenters. The average molecular weight is 145 g/mol. The molecular weight excluding hydrogens is 134 g/mol. The van der Waals surface area contributed by atoms with Crippen molar-refractivity contribution in [1.82, 2.24) is 4.90 Å². The zero-order chi connectivity index (χ0) is 6.69. The van der Waals surface area contributed by atoms with Gasteiger partial charge in [0.05, 0.1) is 5.75 Å². The lowest BCUT2D eigenvalue weighted by atomic mass is 10.2. The van der Waals surface area contributed by atoms with E-state index in [0.29, 0.717) is 11.7 Å². The molecule has 1 saturated heterocycles. The third-order valence-electron chi connectivity index (χ3n) is 1.48. The van der Waals surface area contributed by atoms with Gasteiger partial charge in [-0.2, -0.15) is 11.8 Å². The zero-order valence-corrected chi connectivity index (χ0v) is 6.41. The Balaban J connectivity index is 2.16. The van der Waals surface area contributed by atoms with Crippen LogP contribution in [0.25, 0.3) is 0 Å². The maximum Gasteiger partial charge on any atom is 0.232 e. The van der Waals surface area contributed by atoms with Crippen LogP contribution in [0.5, 0.6) is 0 Å². The van der Waals surface area contributed by atoms with Gasteiger partial charge in [0.15, 0.2) is 0 Å². The van der Waals surface area contributed by atoms with Gasteiger partial charge in [0.2, 0.25) is 5.91 Å². The fourth-order valence-corrected chi connectivity index (χ4v) is 1.21. The topological polar surface area (TPSA) is 20.3 Å². The van der Waals surface area contributed by atoms with Crippen molar-refractivity contribution in [2.45, 2.75) is 6.42 Å². The number of hydrogen-bond acceptors (Lipinski definition) is 2. The number of rotatable bonds is 2. The molecule has 1 heterocycles. The van der Waals surface area contributed by atoms with E-state index >= 15 is 0 Å². The van der Waals surface area contributed by atoms with Crippen LogP contribution in [-0.4, -0.2) is 35.9 Å². The molecule has 0 spiro atoms. The van der Waals surface area contributed by atoms with Gasteiger partial charge in [0, 0.05) is 13.1 Å². The highest BCUT2D eigenvalue weighted by atomic mass is 32.2. The zero-order valence-electron chi connectivity index (χ0n) is 5.59. The Kier molecular flexibility index (Phi) is 2.39. The molecule has 2 nitrogen and oxygen atoms in total. The van der Waals surface area contributed by atoms with Gasteiger partial charge in [-0.05, 0) is 12.7 Å². The van der Waals surface area contributed by atoms with E-state index < -0.39 is 0 Å². The molecule has 52 valence electrons. The molecule has 1 aliphatic rings. The summed E-state index contributed by atoms with van der Waals surface area (Å²) in [6, 6.07) is 0. The number of carbonyl (C=O) groups is 1. The molecule has 0 aliphatic carbocycles. The van der Waals surface area contributed by atoms with Crippen molar-refractivity contribution in [3.8, 4) is 0 Å². The monoisotopic (exact) mass is 145 g/mol. The summed E-state index contributed by atoms with van der Waals surface area (Å²) in [7, 11) is 0. The summed E-state index contributed by atoms with van der Waals surface area (Å²) in [5.41, 5.74) is 0. The van der Waals surface area contributed by atoms with Gasteiger partial charge in [-0.15, -0.1) is 0 Å². The van der Waals surface area contributed by atoms with Crippen LogP contribution in [0, 0.1) is 0 Å². The number of hydrogen-bond donors (Lipinski definition) is 0. The van der Waals surface area contributed by atoms with Crippen LogP contribution >= 0.6 is 11.8 Å². The van der Waals surface area contributed by atoms with Crippen LogP contribution in [0.3, 0.4) is 0 Å². The smallest absolute Gasteiger partial charge is 0.232 e. The first-order chi connectivity index (χ1) is 4.34. The molecule has 1 fully saturated rings. The van der Waals surface area contributed by atoms with Gasteiger partial charge in [-0.25, -0.2) is 0 Å². The Bertz CT molecular complexity index is 112. The Labute approximate surface area is 59.6 Å². The van der Waals surface area contributed by atoms with Crippen LogP contribution < -0.4 is 0 Å². The standard InChI is InChI=1S/C6H11NOS/c1-9-5-6(8)7-3-2-4-7/h2-5H2,1H3. The van der Waals surface area contributed by atoms with Gasteiger partial charge < -0.3 is 4.90 Å². The lowest BCUT2D eigenvalue weighted by Gasteiger charge is -2.30. The van der Waals surface area contributed by atoms with E-state index in [0.717, 1.165) is 13.1 Å². The molecular formula is C6H11NOS. The van der Waals surface area contributed by atoms with Crippen LogP contribution in [0.15, 0.2) is 0 Å². The minimum absolute atomic E-state index is 0.300. The fourth-order valence-electron chi connectivity index (χ4n) is 0.780. The average Bonchev–Trinajstić information content (AvgIpc) is 1.60. The largest absolute Gasteiger partial charge is 0.342 e. The predicted octanol–water partition coefficient (Wildman–Crippen LogP) is 0.582. The molecule has 9 heavy (non-hydrogen) atoms. The molecule has 0 N–H and O–H groups in total. The van der Waals surface area contributed by atoms with Crippen LogP contribution in [0.4, 0.5) is 0 Å². The number of likely N-dealkylation sites (tertiary alicyclic amines) is 1. The van der Waals surface area contributed by atoms with Gasteiger partial charge in [-0.3, -0.25) is 4.79 Å². The van der Waals surface area contributed by atoms with E-state index in [9.17, 15) is 4.79 Å². The molecule has 1 amide bonds. The van der Waals surface area contributed by atoms with Crippen molar-refractivity contribution in [1.29, 1.82) is 0 Å². The molecule has 0 bridgehead atoms. The molecule has 0 aromatic carbocycles. The van der Waals surface area contributed by atoms with Gasteiger partial charge >= 0.3 is 0 Å². The summed E-state index contributed by atoms with van der Waals surface area (Å²) in [5.74, 6) is 0.953. The third kappa shape index (κ3) is 1.61. The number of carbonyl (C=O) groups excluding carboxylic acids is 1. The molecule has 1 aliphatic heterocycles. The maximum absolute atomic E-state index is 10.9. The number of thioether (sulfide) groups is 1. The molecule has 0 atom stereocenters. The molecule has 0 saturated carbocycles. The van der Waals surface area contributed by atoms with Crippen molar-refractivity contribution in [2.24, 2.45) is 0 Å². The summed E-state index contributed by atoms with van der Waals surface area (Å²) in [5, 5.41) is 0. The molecule has 3 heteroatoms. The molecule has 0 radical (unpaired) electrons. The van der Waals surface area contributed by atoms with E-state index in [2.05, 4.69) is 0 Å². The highest BCUT2D eigenvalue weighted by Crippen LogP contribution is 2.07. The SMILES string of the molecule is CSCC(=O)N1CCC1. The van der Waals surface area contributed by atoms with Crippen molar-refractivity contribution in [3.63, 3.8) is 0 Å². The molecule has 0 aromatic rings. The van der Waals surface area contributed by atoms with E-state index in [1.807, 2.05) is 11.2 Å². The lowest BCUT2D eigenvalue weighted by Crippen LogP contribution is -2.42. The van der Waals surface area contributed by atoms with E-state index in [1.165, 1.54) is 6.42 Å². The second-order valence-electron chi connectivity index (χ2n) is 2.17. The summed E-state index contributed by atoms with van der Waals surface area (Å²) in [6.07, 6.45) is 3.15. The lowest BCUT2D eigenvalue weighted by molar-refractivity contribution is -0.131. The first kappa shape index (κ1) is 6.93. The second kappa shape index (κ2) is 3.11. The quantitative estimate of drug-likeness (QED) is 0.566. The number of amides is 1. The normalized spacial score (nSPS) is 17.2. The minimum Gasteiger partial charge on any atom is -0.342 e. The fraction of sp³-hybridized carbons (Fsp3) is 0.833. The third-order valence-corrected chi connectivity index (χ3v) is 2.01. The van der Waals surface area contributed by atoms with E-state index in [-0.39, 0.29) is 0 Å². The Hall–Kier alpha value is -0.180. The van der Waals surface area contributed by atoms with Gasteiger partial charge in [-0.1, -0.05) is 0 Å². The first-order valence-corrected chi connectivity index (χ1v) is 4.50. The second-order valence-corrected chi connectivity index (χ2v) is 3.03. The van der Waals surface area contributed by atoms with E-state index in [1.54, 1.807) is 11.8 Å². The van der Waals surface area contributed by atoms with E-state index in [4.69, 9.17) is 0 Å². The minimum atomic E-state index is 0.300. The Morgan fingerprint density at radius 3 is 2.67 bits per heavy atom. The van der Waals surface area contributed by atoms with Crippen LogP contribution in [0.2, 0.25) is 0 Å². The van der Waals surface area contributed by atoms with Gasteiger partial charge in [0.25, 0.3) is 0 Å². The maximum atomic E-state index is 10.9. The predicted molar refractivity (Wildman–Crippen MR) is 39.6 cm³/mol. The van der Waals surface area contributed by atoms with Gasteiger partial charge in [0.1, 0.15) is 0 Å². The van der Waals surface area contributed by atoms with Crippen molar-refractivity contribution in [2.75, 3.05) is 25.1 Å². The number of nitrogens with zero attached hydrogens (tertiary/aromatic N) is 1. The van der Waals surface area contributed by atoms with Crippen molar-refractivity contribution < 1.29 is 4.79 Å². The van der Waals surface area contributed by atoms with Crippen LogP contribution in [-0.2, 0) is 4.79 Å². The van der Waals surface area contributed by atoms with Crippen molar-refractivity contribution >= 4 is 17.7 Å². The van der Waals surface area contributed by atoms with Crippen LogP contribution in [0.1, 0.15) is 6.42 Å². The molecule has 0 aromatic heterocycles. The summed E-state index contributed by atoms with van der Waals surface area (Å²) in [4.78, 5) is 12.8. The Morgan fingerprint density at radius 1 is 1.67 bits per heavy atom. The summed E-state index contributed by atoms with van der Waals surface area (Å²) in [6.45, 7) is 1.97. The summed E-state index contributed by atoms with van der Waals surface area (Å²) >= 11 is 1.60. The highest BCUT2D eigenvalue weighted by Gasteiger charge is 2.18.